The molecule has 0 N–H and O–H groups in total. The van der Waals surface area contributed by atoms with Crippen LogP contribution in [-0.2, 0) is 0 Å². The molecule has 0 spiro atoms. The monoisotopic (exact) mass is 138 g/mol. The summed E-state index contributed by atoms with van der Waals surface area (Å²) in [5, 5.41) is 0. The van der Waals surface area contributed by atoms with E-state index in [2.05, 4.69) is 6.92 Å². The third-order valence-electron chi connectivity index (χ3n) is 3.55. The van der Waals surface area contributed by atoms with Crippen LogP contribution in [0.5, 0.6) is 0 Å². The van der Waals surface area contributed by atoms with Crippen LogP contribution < -0.4 is 0 Å². The van der Waals surface area contributed by atoms with Gasteiger partial charge in [-0.05, 0) is 30.6 Å². The Bertz CT molecular complexity index is 117. The van der Waals surface area contributed by atoms with E-state index in [0.29, 0.717) is 0 Å². The predicted octanol–water partition coefficient (Wildman–Crippen LogP) is 3.22. The first-order valence-corrected chi connectivity index (χ1v) is 4.86. The lowest BCUT2D eigenvalue weighted by Gasteiger charge is -2.29. The first-order valence-electron chi connectivity index (χ1n) is 4.86. The normalized spacial score (nSPS) is 47.1. The van der Waals surface area contributed by atoms with Gasteiger partial charge in [0, 0.05) is 0 Å². The van der Waals surface area contributed by atoms with Gasteiger partial charge in [-0.25, -0.2) is 0 Å². The van der Waals surface area contributed by atoms with Crippen molar-refractivity contribution >= 4 is 0 Å². The van der Waals surface area contributed by atoms with Crippen molar-refractivity contribution in [1.82, 2.24) is 0 Å². The van der Waals surface area contributed by atoms with E-state index in [0.717, 1.165) is 17.8 Å². The van der Waals surface area contributed by atoms with Crippen LogP contribution in [0.2, 0.25) is 0 Å². The molecule has 0 aromatic heterocycles. The SMILES string of the molecule is C[C@@H]1CC[C@@H]2CCC[C@@H]2C1. The van der Waals surface area contributed by atoms with Crippen LogP contribution in [0.1, 0.15) is 45.4 Å². The summed E-state index contributed by atoms with van der Waals surface area (Å²) in [7, 11) is 0. The van der Waals surface area contributed by atoms with Crippen LogP contribution in [0.4, 0.5) is 0 Å². The van der Waals surface area contributed by atoms with Crippen molar-refractivity contribution in [3.63, 3.8) is 0 Å². The summed E-state index contributed by atoms with van der Waals surface area (Å²) in [4.78, 5) is 0. The van der Waals surface area contributed by atoms with E-state index in [1.165, 1.54) is 12.8 Å². The summed E-state index contributed by atoms with van der Waals surface area (Å²) in [6, 6.07) is 0. The second kappa shape index (κ2) is 2.56. The molecule has 0 amide bonds. The fourth-order valence-electron chi connectivity index (χ4n) is 2.94. The predicted molar refractivity (Wildman–Crippen MR) is 43.8 cm³/mol. The maximum Gasteiger partial charge on any atom is -0.0383 e. The molecule has 2 aliphatic carbocycles. The average Bonchev–Trinajstić information content (AvgIpc) is 2.33. The molecule has 0 aromatic rings. The molecule has 0 aliphatic heterocycles. The fraction of sp³-hybridized carbons (Fsp3) is 1.00. The molecule has 2 rings (SSSR count). The summed E-state index contributed by atoms with van der Waals surface area (Å²) in [5.41, 5.74) is 0. The van der Waals surface area contributed by atoms with Gasteiger partial charge >= 0.3 is 0 Å². The summed E-state index contributed by atoms with van der Waals surface area (Å²) in [6.45, 7) is 2.43. The van der Waals surface area contributed by atoms with E-state index in [9.17, 15) is 0 Å². The van der Waals surface area contributed by atoms with Crippen molar-refractivity contribution in [1.29, 1.82) is 0 Å². The van der Waals surface area contributed by atoms with Gasteiger partial charge < -0.3 is 0 Å². The molecule has 2 aliphatic rings. The molecule has 0 bridgehead atoms. The average molecular weight is 138 g/mol. The summed E-state index contributed by atoms with van der Waals surface area (Å²) in [5.74, 6) is 3.33. The lowest BCUT2D eigenvalue weighted by Crippen LogP contribution is -2.18. The van der Waals surface area contributed by atoms with E-state index in [1.807, 2.05) is 0 Å². The van der Waals surface area contributed by atoms with Crippen molar-refractivity contribution in [2.75, 3.05) is 0 Å². The van der Waals surface area contributed by atoms with Crippen molar-refractivity contribution in [3.05, 3.63) is 0 Å². The van der Waals surface area contributed by atoms with Gasteiger partial charge in [-0.15, -0.1) is 0 Å². The second-order valence-corrected chi connectivity index (χ2v) is 4.37. The smallest absolute Gasteiger partial charge is 0.0383 e. The highest BCUT2D eigenvalue weighted by molar-refractivity contribution is 4.83. The molecule has 0 nitrogen and oxygen atoms in total. The van der Waals surface area contributed by atoms with Crippen LogP contribution in [-0.4, -0.2) is 0 Å². The van der Waals surface area contributed by atoms with Gasteiger partial charge in [-0.1, -0.05) is 32.6 Å². The zero-order valence-electron chi connectivity index (χ0n) is 6.97. The van der Waals surface area contributed by atoms with Gasteiger partial charge in [-0.3, -0.25) is 0 Å². The molecule has 0 unspecified atom stereocenters. The number of fused-ring (bicyclic) bond motifs is 1. The Kier molecular flexibility index (Phi) is 1.71. The summed E-state index contributed by atoms with van der Waals surface area (Å²) >= 11 is 0. The van der Waals surface area contributed by atoms with Crippen LogP contribution in [0.25, 0.3) is 0 Å². The summed E-state index contributed by atoms with van der Waals surface area (Å²) in [6.07, 6.45) is 9.24. The Hall–Kier alpha value is 0. The molecule has 58 valence electrons. The van der Waals surface area contributed by atoms with Gasteiger partial charge in [0.1, 0.15) is 0 Å². The largest absolute Gasteiger partial charge is 0.0625 e. The standard InChI is InChI=1S/C10H18/c1-8-5-6-9-3-2-4-10(9)7-8/h8-10H,2-7H2,1H3/t8-,9+,10-/m1/s1. The molecular formula is C10H18. The lowest BCUT2D eigenvalue weighted by molar-refractivity contribution is 0.220. The lowest BCUT2D eigenvalue weighted by atomic mass is 9.77. The minimum absolute atomic E-state index is 1.04. The van der Waals surface area contributed by atoms with Crippen LogP contribution >= 0.6 is 0 Å². The quantitative estimate of drug-likeness (QED) is 0.482. The Morgan fingerprint density at radius 2 is 1.70 bits per heavy atom. The van der Waals surface area contributed by atoms with E-state index >= 15 is 0 Å². The molecule has 10 heavy (non-hydrogen) atoms. The van der Waals surface area contributed by atoms with Crippen molar-refractivity contribution in [2.45, 2.75) is 45.4 Å². The minimum Gasteiger partial charge on any atom is -0.0625 e. The van der Waals surface area contributed by atoms with Gasteiger partial charge in [0.15, 0.2) is 0 Å². The molecule has 0 aromatic carbocycles. The van der Waals surface area contributed by atoms with Gasteiger partial charge in [0.05, 0.1) is 0 Å². The number of hydrogen-bond donors (Lipinski definition) is 0. The first-order chi connectivity index (χ1) is 4.86. The molecule has 3 atom stereocenters. The molecular weight excluding hydrogens is 120 g/mol. The van der Waals surface area contributed by atoms with Crippen molar-refractivity contribution in [2.24, 2.45) is 17.8 Å². The van der Waals surface area contributed by atoms with E-state index in [1.54, 1.807) is 25.7 Å². The number of hydrogen-bond acceptors (Lipinski definition) is 0. The zero-order chi connectivity index (χ0) is 6.97. The second-order valence-electron chi connectivity index (χ2n) is 4.37. The van der Waals surface area contributed by atoms with E-state index in [-0.39, 0.29) is 0 Å². The third-order valence-corrected chi connectivity index (χ3v) is 3.55. The topological polar surface area (TPSA) is 0 Å². The number of rotatable bonds is 0. The van der Waals surface area contributed by atoms with Crippen LogP contribution in [0.15, 0.2) is 0 Å². The molecule has 0 radical (unpaired) electrons. The van der Waals surface area contributed by atoms with Gasteiger partial charge in [0.25, 0.3) is 0 Å². The molecule has 0 heterocycles. The van der Waals surface area contributed by atoms with Gasteiger partial charge in [-0.2, -0.15) is 0 Å². The fourth-order valence-corrected chi connectivity index (χ4v) is 2.94. The van der Waals surface area contributed by atoms with Crippen molar-refractivity contribution < 1.29 is 0 Å². The highest BCUT2D eigenvalue weighted by atomic mass is 14.4. The summed E-state index contributed by atoms with van der Waals surface area (Å²) < 4.78 is 0. The Morgan fingerprint density at radius 3 is 2.60 bits per heavy atom. The molecule has 2 fully saturated rings. The Balaban J connectivity index is 1.96. The van der Waals surface area contributed by atoms with Crippen LogP contribution in [0, 0.1) is 17.8 Å². The Labute approximate surface area is 64.0 Å². The van der Waals surface area contributed by atoms with Crippen LogP contribution in [0.3, 0.4) is 0 Å². The maximum atomic E-state index is 2.43. The van der Waals surface area contributed by atoms with Gasteiger partial charge in [0.2, 0.25) is 0 Å². The maximum absolute atomic E-state index is 2.43. The van der Waals surface area contributed by atoms with E-state index < -0.39 is 0 Å². The highest BCUT2D eigenvalue weighted by Gasteiger charge is 2.31. The Morgan fingerprint density at radius 1 is 0.900 bits per heavy atom. The first kappa shape index (κ1) is 6.69. The highest BCUT2D eigenvalue weighted by Crippen LogP contribution is 2.43. The molecule has 0 heteroatoms. The van der Waals surface area contributed by atoms with Crippen molar-refractivity contribution in [3.8, 4) is 0 Å². The van der Waals surface area contributed by atoms with E-state index in [4.69, 9.17) is 0 Å². The molecule has 0 saturated heterocycles. The third kappa shape index (κ3) is 1.09. The molecule has 2 saturated carbocycles. The zero-order valence-corrected chi connectivity index (χ0v) is 6.97. The minimum atomic E-state index is 1.04.